The Kier molecular flexibility index (Phi) is 3.28. The summed E-state index contributed by atoms with van der Waals surface area (Å²) in [6, 6.07) is 11.0. The highest BCUT2D eigenvalue weighted by Crippen LogP contribution is 2.26. The molecule has 0 fully saturated rings. The molecular formula is C14H12FNO2. The summed E-state index contributed by atoms with van der Waals surface area (Å²) in [5.74, 6) is -0.262. The molecule has 2 aromatic carbocycles. The molecule has 2 aromatic rings. The molecule has 92 valence electrons. The lowest BCUT2D eigenvalue weighted by Crippen LogP contribution is -1.95. The number of hydrogen-bond acceptors (Lipinski definition) is 3. The maximum atomic E-state index is 12.8. The minimum absolute atomic E-state index is 0.0381. The van der Waals surface area contributed by atoms with Gasteiger partial charge in [-0.05, 0) is 42.3 Å². The highest BCUT2D eigenvalue weighted by atomic mass is 19.1. The predicted octanol–water partition coefficient (Wildman–Crippen LogP) is 3.40. The fraction of sp³-hybridized carbons (Fsp3) is 0.0714. The molecule has 0 atom stereocenters. The van der Waals surface area contributed by atoms with Crippen molar-refractivity contribution in [1.29, 1.82) is 0 Å². The van der Waals surface area contributed by atoms with E-state index in [4.69, 9.17) is 5.21 Å². The molecule has 2 rings (SSSR count). The lowest BCUT2D eigenvalue weighted by Gasteiger charge is -2.07. The van der Waals surface area contributed by atoms with Crippen LogP contribution in [-0.2, 0) is 0 Å². The topological polar surface area (TPSA) is 52.8 Å². The van der Waals surface area contributed by atoms with Gasteiger partial charge in [0.25, 0.3) is 0 Å². The second kappa shape index (κ2) is 4.87. The molecule has 0 amide bonds. The van der Waals surface area contributed by atoms with Crippen molar-refractivity contribution in [2.24, 2.45) is 5.16 Å². The van der Waals surface area contributed by atoms with E-state index in [0.717, 1.165) is 11.1 Å². The van der Waals surface area contributed by atoms with E-state index in [2.05, 4.69) is 5.16 Å². The Labute approximate surface area is 104 Å². The molecule has 0 heterocycles. The molecule has 0 aliphatic carbocycles. The average molecular weight is 245 g/mol. The molecule has 18 heavy (non-hydrogen) atoms. The lowest BCUT2D eigenvalue weighted by atomic mass is 10.0. The zero-order valence-corrected chi connectivity index (χ0v) is 9.76. The van der Waals surface area contributed by atoms with Gasteiger partial charge in [-0.3, -0.25) is 0 Å². The number of hydrogen-bond donors (Lipinski definition) is 2. The molecule has 3 nitrogen and oxygen atoms in total. The highest BCUT2D eigenvalue weighted by Gasteiger charge is 2.07. The summed E-state index contributed by atoms with van der Waals surface area (Å²) in [4.78, 5) is 0. The van der Waals surface area contributed by atoms with Gasteiger partial charge in [0.1, 0.15) is 11.6 Å². The van der Waals surface area contributed by atoms with Crippen molar-refractivity contribution in [3.05, 3.63) is 53.8 Å². The molecular weight excluding hydrogens is 233 g/mol. The van der Waals surface area contributed by atoms with E-state index in [9.17, 15) is 9.50 Å². The van der Waals surface area contributed by atoms with Crippen LogP contribution in [0.15, 0.2) is 47.6 Å². The van der Waals surface area contributed by atoms with E-state index in [1.54, 1.807) is 31.2 Å². The Morgan fingerprint density at radius 2 is 1.67 bits per heavy atom. The summed E-state index contributed by atoms with van der Waals surface area (Å²) in [5.41, 5.74) is 2.39. The van der Waals surface area contributed by atoms with Crippen molar-refractivity contribution in [1.82, 2.24) is 0 Å². The fourth-order valence-corrected chi connectivity index (χ4v) is 1.70. The summed E-state index contributed by atoms with van der Waals surface area (Å²) >= 11 is 0. The van der Waals surface area contributed by atoms with E-state index < -0.39 is 0 Å². The van der Waals surface area contributed by atoms with Crippen molar-refractivity contribution in [2.45, 2.75) is 6.92 Å². The normalized spacial score (nSPS) is 11.6. The fourth-order valence-electron chi connectivity index (χ4n) is 1.70. The minimum Gasteiger partial charge on any atom is -0.507 e. The maximum Gasteiger partial charge on any atom is 0.124 e. The molecule has 0 aliphatic heterocycles. The number of benzene rings is 2. The number of rotatable bonds is 2. The minimum atomic E-state index is -0.300. The van der Waals surface area contributed by atoms with Crippen molar-refractivity contribution >= 4 is 5.71 Å². The third kappa shape index (κ3) is 2.32. The standard InChI is InChI=1S/C14H12FNO2/c1-9(16-18)13-8-11(4-7-14(13)17)10-2-5-12(15)6-3-10/h2-8,17-18H,1H3/b16-9+. The number of phenols is 1. The number of phenolic OH excluding ortho intramolecular Hbond substituents is 1. The van der Waals surface area contributed by atoms with Crippen LogP contribution in [0.5, 0.6) is 5.75 Å². The molecule has 0 unspecified atom stereocenters. The van der Waals surface area contributed by atoms with Gasteiger partial charge >= 0.3 is 0 Å². The first kappa shape index (κ1) is 12.1. The van der Waals surface area contributed by atoms with Crippen LogP contribution in [0.2, 0.25) is 0 Å². The molecule has 0 aliphatic rings. The Balaban J connectivity index is 2.50. The van der Waals surface area contributed by atoms with Gasteiger partial charge in [0, 0.05) is 5.56 Å². The van der Waals surface area contributed by atoms with Crippen LogP contribution in [0.25, 0.3) is 11.1 Å². The summed E-state index contributed by atoms with van der Waals surface area (Å²) in [6.07, 6.45) is 0. The van der Waals surface area contributed by atoms with E-state index in [0.29, 0.717) is 11.3 Å². The number of halogens is 1. The molecule has 0 radical (unpaired) electrons. The Bertz CT molecular complexity index is 591. The Hall–Kier alpha value is -2.36. The lowest BCUT2D eigenvalue weighted by molar-refractivity contribution is 0.318. The molecule has 0 bridgehead atoms. The second-order valence-electron chi connectivity index (χ2n) is 3.92. The smallest absolute Gasteiger partial charge is 0.124 e. The van der Waals surface area contributed by atoms with Gasteiger partial charge < -0.3 is 10.3 Å². The molecule has 2 N–H and O–H groups in total. The number of oxime groups is 1. The van der Waals surface area contributed by atoms with Crippen LogP contribution in [0.3, 0.4) is 0 Å². The summed E-state index contributed by atoms with van der Waals surface area (Å²) in [6.45, 7) is 1.59. The molecule has 0 saturated heterocycles. The van der Waals surface area contributed by atoms with E-state index in [-0.39, 0.29) is 11.6 Å². The van der Waals surface area contributed by atoms with Crippen molar-refractivity contribution in [2.75, 3.05) is 0 Å². The van der Waals surface area contributed by atoms with Crippen LogP contribution in [-0.4, -0.2) is 16.0 Å². The van der Waals surface area contributed by atoms with Crippen LogP contribution < -0.4 is 0 Å². The largest absolute Gasteiger partial charge is 0.507 e. The average Bonchev–Trinajstić information content (AvgIpc) is 2.39. The molecule has 0 saturated carbocycles. The first-order chi connectivity index (χ1) is 8.61. The van der Waals surface area contributed by atoms with Crippen molar-refractivity contribution < 1.29 is 14.7 Å². The summed E-state index contributed by atoms with van der Waals surface area (Å²) in [7, 11) is 0. The Morgan fingerprint density at radius 3 is 2.28 bits per heavy atom. The molecule has 4 heteroatoms. The maximum absolute atomic E-state index is 12.8. The zero-order valence-electron chi connectivity index (χ0n) is 9.76. The van der Waals surface area contributed by atoms with Crippen molar-refractivity contribution in [3.8, 4) is 16.9 Å². The number of aromatic hydroxyl groups is 1. The zero-order chi connectivity index (χ0) is 13.1. The third-order valence-electron chi connectivity index (χ3n) is 2.71. The highest BCUT2D eigenvalue weighted by molar-refractivity contribution is 6.01. The third-order valence-corrected chi connectivity index (χ3v) is 2.71. The molecule has 0 aromatic heterocycles. The van der Waals surface area contributed by atoms with Gasteiger partial charge in [0.2, 0.25) is 0 Å². The van der Waals surface area contributed by atoms with Gasteiger partial charge in [-0.2, -0.15) is 0 Å². The van der Waals surface area contributed by atoms with Gasteiger partial charge in [0.15, 0.2) is 0 Å². The van der Waals surface area contributed by atoms with Crippen LogP contribution in [0.4, 0.5) is 4.39 Å². The predicted molar refractivity (Wildman–Crippen MR) is 67.5 cm³/mol. The second-order valence-corrected chi connectivity index (χ2v) is 3.92. The first-order valence-corrected chi connectivity index (χ1v) is 5.40. The van der Waals surface area contributed by atoms with E-state index >= 15 is 0 Å². The van der Waals surface area contributed by atoms with Gasteiger partial charge in [-0.15, -0.1) is 0 Å². The van der Waals surface area contributed by atoms with E-state index in [1.807, 2.05) is 0 Å². The van der Waals surface area contributed by atoms with Crippen LogP contribution >= 0.6 is 0 Å². The van der Waals surface area contributed by atoms with Crippen LogP contribution in [0, 0.1) is 5.82 Å². The molecule has 0 spiro atoms. The quantitative estimate of drug-likeness (QED) is 0.484. The monoisotopic (exact) mass is 245 g/mol. The van der Waals surface area contributed by atoms with Gasteiger partial charge in [0.05, 0.1) is 5.71 Å². The van der Waals surface area contributed by atoms with E-state index in [1.165, 1.54) is 18.2 Å². The number of nitrogens with zero attached hydrogens (tertiary/aromatic N) is 1. The van der Waals surface area contributed by atoms with Crippen molar-refractivity contribution in [3.63, 3.8) is 0 Å². The first-order valence-electron chi connectivity index (χ1n) is 5.40. The SMILES string of the molecule is C/C(=N\O)c1cc(-c2ccc(F)cc2)ccc1O. The Morgan fingerprint density at radius 1 is 1.06 bits per heavy atom. The van der Waals surface area contributed by atoms with Gasteiger partial charge in [-0.25, -0.2) is 4.39 Å². The van der Waals surface area contributed by atoms with Gasteiger partial charge in [-0.1, -0.05) is 23.4 Å². The summed E-state index contributed by atoms with van der Waals surface area (Å²) in [5, 5.41) is 21.5. The van der Waals surface area contributed by atoms with Crippen LogP contribution in [0.1, 0.15) is 12.5 Å². The summed E-state index contributed by atoms with van der Waals surface area (Å²) < 4.78 is 12.8.